The first-order valence-electron chi connectivity index (χ1n) is 7.69. The highest BCUT2D eigenvalue weighted by Gasteiger charge is 2.29. The summed E-state index contributed by atoms with van der Waals surface area (Å²) in [7, 11) is 0. The Morgan fingerprint density at radius 2 is 2.00 bits per heavy atom. The molecular formula is C18H22FN3O. The maximum Gasteiger partial charge on any atom is 0.230 e. The Kier molecular flexibility index (Phi) is 5.68. The van der Waals surface area contributed by atoms with E-state index >= 15 is 0 Å². The fourth-order valence-corrected chi connectivity index (χ4v) is 2.20. The number of rotatable bonds is 7. The maximum absolute atomic E-state index is 13.3. The molecule has 1 aromatic heterocycles. The van der Waals surface area contributed by atoms with Gasteiger partial charge in [-0.05, 0) is 50.1 Å². The van der Waals surface area contributed by atoms with Crippen molar-refractivity contribution >= 4 is 11.7 Å². The van der Waals surface area contributed by atoms with Crippen LogP contribution in [0.25, 0.3) is 0 Å². The molecule has 0 atom stereocenters. The van der Waals surface area contributed by atoms with Crippen molar-refractivity contribution in [2.75, 3.05) is 18.4 Å². The molecule has 0 aliphatic rings. The highest BCUT2D eigenvalue weighted by Crippen LogP contribution is 2.23. The van der Waals surface area contributed by atoms with Crippen LogP contribution in [-0.2, 0) is 10.2 Å². The Hall–Kier alpha value is -2.43. The number of aromatic nitrogens is 1. The number of benzene rings is 1. The van der Waals surface area contributed by atoms with E-state index < -0.39 is 5.41 Å². The van der Waals surface area contributed by atoms with E-state index in [0.29, 0.717) is 12.1 Å². The molecule has 0 spiro atoms. The number of amides is 1. The first kappa shape index (κ1) is 16.9. The summed E-state index contributed by atoms with van der Waals surface area (Å²) in [4.78, 5) is 16.5. The zero-order chi connectivity index (χ0) is 16.7. The molecule has 1 amide bonds. The van der Waals surface area contributed by atoms with Gasteiger partial charge in [-0.1, -0.05) is 18.2 Å². The average Bonchev–Trinajstić information content (AvgIpc) is 2.55. The lowest BCUT2D eigenvalue weighted by Gasteiger charge is -2.24. The molecular weight excluding hydrogens is 293 g/mol. The van der Waals surface area contributed by atoms with Crippen LogP contribution < -0.4 is 10.6 Å². The molecule has 0 unspecified atom stereocenters. The van der Waals surface area contributed by atoms with Crippen molar-refractivity contribution in [1.82, 2.24) is 10.3 Å². The van der Waals surface area contributed by atoms with Crippen LogP contribution in [0.1, 0.15) is 25.8 Å². The first-order valence-corrected chi connectivity index (χ1v) is 7.69. The third-order valence-electron chi connectivity index (χ3n) is 3.72. The average molecular weight is 315 g/mol. The molecule has 2 N–H and O–H groups in total. The van der Waals surface area contributed by atoms with Gasteiger partial charge in [0.05, 0.1) is 5.41 Å². The van der Waals surface area contributed by atoms with Gasteiger partial charge in [0.1, 0.15) is 11.6 Å². The van der Waals surface area contributed by atoms with Crippen LogP contribution in [0.15, 0.2) is 48.7 Å². The molecule has 2 aromatic rings. The van der Waals surface area contributed by atoms with Crippen molar-refractivity contribution in [2.45, 2.75) is 25.7 Å². The van der Waals surface area contributed by atoms with Crippen LogP contribution in [0.3, 0.4) is 0 Å². The van der Waals surface area contributed by atoms with Gasteiger partial charge < -0.3 is 10.6 Å². The number of carbonyl (C=O) groups excluding carboxylic acids is 1. The molecule has 1 aromatic carbocycles. The van der Waals surface area contributed by atoms with E-state index in [1.54, 1.807) is 32.2 Å². The lowest BCUT2D eigenvalue weighted by Crippen LogP contribution is -2.40. The summed E-state index contributed by atoms with van der Waals surface area (Å²) in [6, 6.07) is 11.8. The van der Waals surface area contributed by atoms with Crippen molar-refractivity contribution in [3.63, 3.8) is 0 Å². The van der Waals surface area contributed by atoms with Gasteiger partial charge in [-0.15, -0.1) is 0 Å². The topological polar surface area (TPSA) is 54.0 Å². The Bertz CT molecular complexity index is 644. The Morgan fingerprint density at radius 3 is 2.70 bits per heavy atom. The number of pyridine rings is 1. The zero-order valence-corrected chi connectivity index (χ0v) is 13.5. The summed E-state index contributed by atoms with van der Waals surface area (Å²) in [5.74, 6) is 0.378. The Morgan fingerprint density at radius 1 is 1.17 bits per heavy atom. The predicted octanol–water partition coefficient (Wildman–Crippen LogP) is 3.12. The SMILES string of the molecule is CC(C)(C(=O)NCCCNc1ccccn1)c1cccc(F)c1. The second-order valence-electron chi connectivity index (χ2n) is 5.89. The van der Waals surface area contributed by atoms with E-state index in [2.05, 4.69) is 15.6 Å². The maximum atomic E-state index is 13.3. The van der Waals surface area contributed by atoms with Crippen LogP contribution in [0.5, 0.6) is 0 Å². The molecule has 0 radical (unpaired) electrons. The minimum absolute atomic E-state index is 0.110. The molecule has 1 heterocycles. The Labute approximate surface area is 136 Å². The number of hydrogen-bond acceptors (Lipinski definition) is 3. The van der Waals surface area contributed by atoms with Crippen molar-refractivity contribution in [2.24, 2.45) is 0 Å². The number of hydrogen-bond donors (Lipinski definition) is 2. The molecule has 23 heavy (non-hydrogen) atoms. The molecule has 0 fully saturated rings. The number of nitrogens with one attached hydrogen (secondary N) is 2. The minimum Gasteiger partial charge on any atom is -0.370 e. The monoisotopic (exact) mass is 315 g/mol. The van der Waals surface area contributed by atoms with E-state index in [1.807, 2.05) is 18.2 Å². The van der Waals surface area contributed by atoms with Gasteiger partial charge in [0.25, 0.3) is 0 Å². The highest BCUT2D eigenvalue weighted by atomic mass is 19.1. The number of nitrogens with zero attached hydrogens (tertiary/aromatic N) is 1. The lowest BCUT2D eigenvalue weighted by molar-refractivity contribution is -0.125. The summed E-state index contributed by atoms with van der Waals surface area (Å²) < 4.78 is 13.3. The minimum atomic E-state index is -0.767. The quantitative estimate of drug-likeness (QED) is 0.772. The number of halogens is 1. The van der Waals surface area contributed by atoms with Crippen LogP contribution in [0.4, 0.5) is 10.2 Å². The van der Waals surface area contributed by atoms with Gasteiger partial charge in [0, 0.05) is 19.3 Å². The molecule has 5 heteroatoms. The molecule has 122 valence electrons. The standard InChI is InChI=1S/C18H22FN3O/c1-18(2,14-7-5-8-15(19)13-14)17(23)22-12-6-11-21-16-9-3-4-10-20-16/h3-5,7-10,13H,6,11-12H2,1-2H3,(H,20,21)(H,22,23). The Balaban J connectivity index is 1.78. The molecule has 0 saturated carbocycles. The fourth-order valence-electron chi connectivity index (χ4n) is 2.20. The van der Waals surface area contributed by atoms with E-state index in [4.69, 9.17) is 0 Å². The van der Waals surface area contributed by atoms with Crippen LogP contribution in [0.2, 0.25) is 0 Å². The molecule has 0 aliphatic heterocycles. The van der Waals surface area contributed by atoms with Crippen molar-refractivity contribution in [3.05, 3.63) is 60.0 Å². The van der Waals surface area contributed by atoms with E-state index in [9.17, 15) is 9.18 Å². The summed E-state index contributed by atoms with van der Waals surface area (Å²) in [6.45, 7) is 4.86. The van der Waals surface area contributed by atoms with Crippen LogP contribution in [0, 0.1) is 5.82 Å². The molecule has 4 nitrogen and oxygen atoms in total. The first-order chi connectivity index (χ1) is 11.0. The second kappa shape index (κ2) is 7.72. The lowest BCUT2D eigenvalue weighted by atomic mass is 9.83. The van der Waals surface area contributed by atoms with Gasteiger partial charge in [-0.2, -0.15) is 0 Å². The molecule has 0 saturated heterocycles. The second-order valence-corrected chi connectivity index (χ2v) is 5.89. The van der Waals surface area contributed by atoms with Crippen molar-refractivity contribution < 1.29 is 9.18 Å². The summed E-state index contributed by atoms with van der Waals surface area (Å²) >= 11 is 0. The molecule has 2 rings (SSSR count). The van der Waals surface area contributed by atoms with Gasteiger partial charge in [-0.25, -0.2) is 9.37 Å². The van der Waals surface area contributed by atoms with Gasteiger partial charge in [0.15, 0.2) is 0 Å². The fraction of sp³-hybridized carbons (Fsp3) is 0.333. The predicted molar refractivity (Wildman–Crippen MR) is 89.8 cm³/mol. The largest absolute Gasteiger partial charge is 0.370 e. The summed E-state index contributed by atoms with van der Waals surface area (Å²) in [6.07, 6.45) is 2.51. The van der Waals surface area contributed by atoms with Crippen molar-refractivity contribution in [1.29, 1.82) is 0 Å². The van der Waals surface area contributed by atoms with E-state index in [0.717, 1.165) is 18.8 Å². The van der Waals surface area contributed by atoms with Crippen LogP contribution in [-0.4, -0.2) is 24.0 Å². The van der Waals surface area contributed by atoms with Crippen LogP contribution >= 0.6 is 0 Å². The third kappa shape index (κ3) is 4.77. The number of anilines is 1. The summed E-state index contributed by atoms with van der Waals surface area (Å²) in [5.41, 5.74) is -0.0992. The third-order valence-corrected chi connectivity index (χ3v) is 3.72. The molecule has 0 bridgehead atoms. The normalized spacial score (nSPS) is 11.1. The summed E-state index contributed by atoms with van der Waals surface area (Å²) in [5, 5.41) is 6.09. The van der Waals surface area contributed by atoms with E-state index in [1.165, 1.54) is 12.1 Å². The molecule has 0 aliphatic carbocycles. The van der Waals surface area contributed by atoms with Crippen molar-refractivity contribution in [3.8, 4) is 0 Å². The zero-order valence-electron chi connectivity index (χ0n) is 13.5. The van der Waals surface area contributed by atoms with Gasteiger partial charge in [0.2, 0.25) is 5.91 Å². The highest BCUT2D eigenvalue weighted by molar-refractivity contribution is 5.87. The van der Waals surface area contributed by atoms with E-state index in [-0.39, 0.29) is 11.7 Å². The van der Waals surface area contributed by atoms with Gasteiger partial charge in [-0.3, -0.25) is 4.79 Å². The number of carbonyl (C=O) groups is 1. The van der Waals surface area contributed by atoms with Gasteiger partial charge >= 0.3 is 0 Å². The smallest absolute Gasteiger partial charge is 0.230 e.